The molecule has 7 nitrogen and oxygen atoms in total. The van der Waals surface area contributed by atoms with Crippen molar-refractivity contribution in [2.75, 3.05) is 18.0 Å². The Labute approximate surface area is 182 Å². The van der Waals surface area contributed by atoms with Gasteiger partial charge in [-0.15, -0.1) is 0 Å². The number of anilines is 1. The van der Waals surface area contributed by atoms with E-state index < -0.39 is 28.9 Å². The van der Waals surface area contributed by atoms with E-state index in [0.29, 0.717) is 36.8 Å². The molecule has 3 rings (SSSR count). The number of hydrogen-bond donors (Lipinski definition) is 2. The van der Waals surface area contributed by atoms with Crippen LogP contribution in [0.25, 0.3) is 0 Å². The van der Waals surface area contributed by atoms with Gasteiger partial charge in [0.25, 0.3) is 0 Å². The van der Waals surface area contributed by atoms with Crippen LogP contribution in [0.5, 0.6) is 0 Å². The Morgan fingerprint density at radius 2 is 2.10 bits per heavy atom. The van der Waals surface area contributed by atoms with Crippen LogP contribution in [0.3, 0.4) is 0 Å². The highest BCUT2D eigenvalue weighted by Gasteiger charge is 2.30. The van der Waals surface area contributed by atoms with Crippen LogP contribution in [0.4, 0.5) is 14.6 Å². The maximum absolute atomic E-state index is 14.4. The van der Waals surface area contributed by atoms with E-state index >= 15 is 0 Å². The Kier molecular flexibility index (Phi) is 6.74. The summed E-state index contributed by atoms with van der Waals surface area (Å²) >= 11 is 0.774. The van der Waals surface area contributed by atoms with Crippen molar-refractivity contribution < 1.29 is 18.7 Å². The smallest absolute Gasteiger partial charge is 0.235 e. The van der Waals surface area contributed by atoms with E-state index in [1.54, 1.807) is 11.8 Å². The minimum absolute atomic E-state index is 0.0984. The maximum Gasteiger partial charge on any atom is 0.235 e. The molecule has 1 aromatic carbocycles. The lowest BCUT2D eigenvalue weighted by atomic mass is 10.0. The molecule has 0 spiro atoms. The molecule has 0 radical (unpaired) electrons. The number of carbonyl (C=O) groups is 1. The molecule has 31 heavy (non-hydrogen) atoms. The van der Waals surface area contributed by atoms with E-state index in [9.17, 15) is 29.2 Å². The highest BCUT2D eigenvalue weighted by atomic mass is 32.2. The number of aliphatic hydroxyl groups excluding tert-OH is 1. The second kappa shape index (κ2) is 9.29. The number of aliphatic hydroxyl groups is 1. The van der Waals surface area contributed by atoms with Crippen LogP contribution in [0.1, 0.15) is 40.8 Å². The Morgan fingerprint density at radius 1 is 1.39 bits per heavy atom. The molecular weight excluding hydrogens is 424 g/mol. The van der Waals surface area contributed by atoms with Crippen LogP contribution in [0.2, 0.25) is 0 Å². The van der Waals surface area contributed by atoms with Crippen LogP contribution < -0.4 is 10.6 Å². The molecule has 1 saturated heterocycles. The fourth-order valence-electron chi connectivity index (χ4n) is 3.53. The molecule has 1 fully saturated rings. The second-order valence-electron chi connectivity index (χ2n) is 7.00. The first-order valence-corrected chi connectivity index (χ1v) is 10.4. The predicted octanol–water partition coefficient (Wildman–Crippen LogP) is 2.56. The van der Waals surface area contributed by atoms with E-state index in [1.807, 2.05) is 6.07 Å². The number of rotatable bonds is 6. The first kappa shape index (κ1) is 22.5. The number of benzene rings is 1. The number of nitrogens with zero attached hydrogens (tertiary/aromatic N) is 4. The second-order valence-corrected chi connectivity index (χ2v) is 8.09. The molecule has 1 amide bonds. The van der Waals surface area contributed by atoms with Gasteiger partial charge >= 0.3 is 0 Å². The van der Waals surface area contributed by atoms with Gasteiger partial charge in [0.2, 0.25) is 5.91 Å². The summed E-state index contributed by atoms with van der Waals surface area (Å²) in [6.45, 7) is 2.51. The number of halogens is 2. The number of amides is 1. The summed E-state index contributed by atoms with van der Waals surface area (Å²) in [5.74, 6) is -2.34. The number of nitrogens with two attached hydrogens (primary N) is 1. The highest BCUT2D eigenvalue weighted by Crippen LogP contribution is 2.40. The van der Waals surface area contributed by atoms with Gasteiger partial charge in [-0.25, -0.2) is 13.8 Å². The minimum Gasteiger partial charge on any atom is -0.391 e. The summed E-state index contributed by atoms with van der Waals surface area (Å²) in [6.07, 6.45) is 0.273. The van der Waals surface area contributed by atoms with Crippen molar-refractivity contribution in [2.45, 2.75) is 36.1 Å². The zero-order chi connectivity index (χ0) is 22.7. The van der Waals surface area contributed by atoms with E-state index in [4.69, 9.17) is 5.73 Å². The maximum atomic E-state index is 14.4. The van der Waals surface area contributed by atoms with E-state index in [1.165, 1.54) is 0 Å². The highest BCUT2D eigenvalue weighted by molar-refractivity contribution is 8.00. The van der Waals surface area contributed by atoms with Crippen molar-refractivity contribution in [3.63, 3.8) is 0 Å². The third kappa shape index (κ3) is 4.46. The summed E-state index contributed by atoms with van der Waals surface area (Å²) in [5, 5.41) is 28.2. The number of aromatic nitrogens is 1. The molecule has 1 aliphatic rings. The molecule has 2 aromatic rings. The monoisotopic (exact) mass is 443 g/mol. The van der Waals surface area contributed by atoms with Crippen LogP contribution >= 0.6 is 11.8 Å². The number of carbonyl (C=O) groups excluding carboxylic acids is 1. The third-order valence-corrected chi connectivity index (χ3v) is 6.26. The molecular formula is C21H19F2N5O2S. The number of nitriles is 2. The van der Waals surface area contributed by atoms with Crippen LogP contribution in [-0.4, -0.2) is 35.2 Å². The van der Waals surface area contributed by atoms with Crippen molar-refractivity contribution in [1.29, 1.82) is 10.5 Å². The Hall–Kier alpha value is -3.21. The van der Waals surface area contributed by atoms with Crippen molar-refractivity contribution in [1.82, 2.24) is 4.98 Å². The molecule has 2 atom stereocenters. The normalized spacial score (nSPS) is 16.6. The average Bonchev–Trinajstić information content (AvgIpc) is 3.17. The zero-order valence-electron chi connectivity index (χ0n) is 16.6. The molecule has 3 N–H and O–H groups in total. The Balaban J connectivity index is 2.15. The standard InChI is InChI=1S/C21H19F2N5O2S/c1-2-13-15(8-24)20(28-6-5-12(29)10-28)27-21(16(13)9-25)31-18(19(26)30)14-4-3-11(22)7-17(14)23/h3-4,7,12,18,29H,2,5-6,10H2,1H3,(H2,26,30). The van der Waals surface area contributed by atoms with Gasteiger partial charge in [0.05, 0.1) is 17.2 Å². The minimum atomic E-state index is -1.27. The summed E-state index contributed by atoms with van der Waals surface area (Å²) in [5.41, 5.74) is 6.13. The molecule has 10 heteroatoms. The van der Waals surface area contributed by atoms with Gasteiger partial charge in [0.1, 0.15) is 39.9 Å². The Morgan fingerprint density at radius 3 is 2.61 bits per heavy atom. The van der Waals surface area contributed by atoms with Crippen molar-refractivity contribution in [3.8, 4) is 12.1 Å². The van der Waals surface area contributed by atoms with Crippen molar-refractivity contribution in [3.05, 3.63) is 52.1 Å². The van der Waals surface area contributed by atoms with Crippen molar-refractivity contribution in [2.24, 2.45) is 5.73 Å². The van der Waals surface area contributed by atoms with Gasteiger partial charge < -0.3 is 15.7 Å². The topological polar surface area (TPSA) is 127 Å². The molecule has 0 bridgehead atoms. The summed E-state index contributed by atoms with van der Waals surface area (Å²) in [4.78, 5) is 18.3. The quantitative estimate of drug-likeness (QED) is 0.657. The molecule has 160 valence electrons. The number of β-amino-alcohol motifs (C(OH)–C–C–N with tert-alkyl or cyclic N) is 1. The largest absolute Gasteiger partial charge is 0.391 e. The SMILES string of the molecule is CCc1c(C#N)c(SC(C(N)=O)c2ccc(F)cc2F)nc(N2CCC(O)C2)c1C#N. The number of hydrogen-bond acceptors (Lipinski definition) is 7. The average molecular weight is 443 g/mol. The van der Waals surface area contributed by atoms with Gasteiger partial charge in [-0.05, 0) is 24.5 Å². The van der Waals surface area contributed by atoms with E-state index in [-0.39, 0.29) is 28.3 Å². The number of pyridine rings is 1. The first-order valence-electron chi connectivity index (χ1n) is 9.51. The van der Waals surface area contributed by atoms with E-state index in [2.05, 4.69) is 11.1 Å². The van der Waals surface area contributed by atoms with Gasteiger partial charge in [-0.3, -0.25) is 4.79 Å². The summed E-state index contributed by atoms with van der Waals surface area (Å²) in [7, 11) is 0. The first-order chi connectivity index (χ1) is 14.8. The summed E-state index contributed by atoms with van der Waals surface area (Å²) < 4.78 is 27.7. The van der Waals surface area contributed by atoms with Gasteiger partial charge in [-0.1, -0.05) is 24.8 Å². The van der Waals surface area contributed by atoms with Gasteiger partial charge in [0, 0.05) is 24.7 Å². The van der Waals surface area contributed by atoms with Crippen LogP contribution in [0.15, 0.2) is 23.2 Å². The van der Waals surface area contributed by atoms with Crippen LogP contribution in [0, 0.1) is 34.3 Å². The fraction of sp³-hybridized carbons (Fsp3) is 0.333. The lowest BCUT2D eigenvalue weighted by Crippen LogP contribution is -2.25. The zero-order valence-corrected chi connectivity index (χ0v) is 17.4. The van der Waals surface area contributed by atoms with Crippen molar-refractivity contribution >= 4 is 23.5 Å². The molecule has 2 unspecified atom stereocenters. The molecule has 0 saturated carbocycles. The van der Waals surface area contributed by atoms with Gasteiger partial charge in [0.15, 0.2) is 0 Å². The van der Waals surface area contributed by atoms with Gasteiger partial charge in [-0.2, -0.15) is 10.5 Å². The lowest BCUT2D eigenvalue weighted by Gasteiger charge is -2.23. The molecule has 1 aliphatic heterocycles. The molecule has 0 aliphatic carbocycles. The molecule has 2 heterocycles. The van der Waals surface area contributed by atoms with Crippen LogP contribution in [-0.2, 0) is 11.2 Å². The molecule has 1 aromatic heterocycles. The lowest BCUT2D eigenvalue weighted by molar-refractivity contribution is -0.117. The third-order valence-electron chi connectivity index (χ3n) is 5.02. The van der Waals surface area contributed by atoms with E-state index in [0.717, 1.165) is 23.9 Å². The fourth-order valence-corrected chi connectivity index (χ4v) is 4.62. The summed E-state index contributed by atoms with van der Waals surface area (Å²) in [6, 6.07) is 6.91. The Bertz CT molecular complexity index is 1110. The predicted molar refractivity (Wildman–Crippen MR) is 110 cm³/mol. The number of thioether (sulfide) groups is 1. The number of primary amides is 1.